The maximum Gasteiger partial charge on any atom is 0.175 e. The van der Waals surface area contributed by atoms with Crippen LogP contribution in [0.25, 0.3) is 0 Å². The summed E-state index contributed by atoms with van der Waals surface area (Å²) in [5, 5.41) is 10.7. The molecule has 1 aliphatic rings. The van der Waals surface area contributed by atoms with Crippen molar-refractivity contribution in [2.45, 2.75) is 31.1 Å². The zero-order chi connectivity index (χ0) is 14.2. The van der Waals surface area contributed by atoms with Crippen molar-refractivity contribution in [2.24, 2.45) is 5.73 Å². The number of hydrogen-bond donors (Lipinski definition) is 2. The summed E-state index contributed by atoms with van der Waals surface area (Å²) in [6.45, 7) is 1.88. The summed E-state index contributed by atoms with van der Waals surface area (Å²) < 4.78 is 6.20. The maximum atomic E-state index is 10.7. The quantitative estimate of drug-likeness (QED) is 0.879. The third kappa shape index (κ3) is 1.90. The maximum absolute atomic E-state index is 10.7. The Hall–Kier alpha value is -1.84. The molecule has 3 atom stereocenters. The van der Waals surface area contributed by atoms with Crippen molar-refractivity contribution in [1.82, 2.24) is 0 Å². The summed E-state index contributed by atoms with van der Waals surface area (Å²) in [6, 6.07) is 17.2. The number of para-hydroxylation sites is 1. The Morgan fingerprint density at radius 1 is 1.15 bits per heavy atom. The van der Waals surface area contributed by atoms with Gasteiger partial charge in [-0.15, -0.1) is 0 Å². The fraction of sp³-hybridized carbons (Fsp3) is 0.294. The molecule has 1 aliphatic heterocycles. The first-order valence-electron chi connectivity index (χ1n) is 6.90. The molecular formula is C17H19NO2. The summed E-state index contributed by atoms with van der Waals surface area (Å²) in [7, 11) is 0. The number of nitrogens with two attached hydrogens (primary N) is 1. The molecule has 3 rings (SSSR count). The Balaban J connectivity index is 2.13. The van der Waals surface area contributed by atoms with E-state index in [2.05, 4.69) is 0 Å². The van der Waals surface area contributed by atoms with Gasteiger partial charge in [0, 0.05) is 12.5 Å². The van der Waals surface area contributed by atoms with Crippen LogP contribution in [0.15, 0.2) is 54.6 Å². The number of rotatable bonds is 2. The molecule has 3 heteroatoms. The third-order valence-electron chi connectivity index (χ3n) is 4.06. The molecule has 1 heterocycles. The van der Waals surface area contributed by atoms with Crippen LogP contribution >= 0.6 is 0 Å². The smallest absolute Gasteiger partial charge is 0.175 e. The van der Waals surface area contributed by atoms with Gasteiger partial charge in [-0.1, -0.05) is 48.5 Å². The predicted molar refractivity (Wildman–Crippen MR) is 78.6 cm³/mol. The number of hydrogen-bond acceptors (Lipinski definition) is 3. The SMILES string of the molecule is CC(N)C1(c2ccccc2)Oc2ccccc2CC1O. The van der Waals surface area contributed by atoms with Crippen molar-refractivity contribution in [3.05, 3.63) is 65.7 Å². The molecule has 20 heavy (non-hydrogen) atoms. The van der Waals surface area contributed by atoms with Crippen molar-refractivity contribution < 1.29 is 9.84 Å². The third-order valence-corrected chi connectivity index (χ3v) is 4.06. The summed E-state index contributed by atoms with van der Waals surface area (Å²) in [5.41, 5.74) is 7.24. The van der Waals surface area contributed by atoms with E-state index in [-0.39, 0.29) is 6.04 Å². The lowest BCUT2D eigenvalue weighted by Gasteiger charge is -2.45. The Kier molecular flexibility index (Phi) is 3.24. The van der Waals surface area contributed by atoms with Gasteiger partial charge in [-0.05, 0) is 24.1 Å². The number of benzene rings is 2. The highest BCUT2D eigenvalue weighted by Gasteiger charge is 2.48. The second kappa shape index (κ2) is 4.93. The topological polar surface area (TPSA) is 55.5 Å². The van der Waals surface area contributed by atoms with Crippen molar-refractivity contribution in [1.29, 1.82) is 0 Å². The molecular weight excluding hydrogens is 250 g/mol. The van der Waals surface area contributed by atoms with Crippen molar-refractivity contribution in [3.8, 4) is 5.75 Å². The van der Waals surface area contributed by atoms with E-state index >= 15 is 0 Å². The highest BCUT2D eigenvalue weighted by Crippen LogP contribution is 2.41. The normalized spacial score (nSPS) is 26.4. The number of ether oxygens (including phenoxy) is 1. The average molecular weight is 269 g/mol. The minimum absolute atomic E-state index is 0.326. The van der Waals surface area contributed by atoms with Crippen LogP contribution in [0.4, 0.5) is 0 Å². The van der Waals surface area contributed by atoms with Gasteiger partial charge in [0.25, 0.3) is 0 Å². The van der Waals surface area contributed by atoms with Crippen molar-refractivity contribution >= 4 is 0 Å². The van der Waals surface area contributed by atoms with Gasteiger partial charge in [0.05, 0.1) is 0 Å². The molecule has 0 amide bonds. The van der Waals surface area contributed by atoms with Crippen LogP contribution in [0.2, 0.25) is 0 Å². The van der Waals surface area contributed by atoms with Crippen LogP contribution in [0.5, 0.6) is 5.75 Å². The van der Waals surface area contributed by atoms with Gasteiger partial charge in [0.2, 0.25) is 0 Å². The zero-order valence-electron chi connectivity index (χ0n) is 11.5. The van der Waals surface area contributed by atoms with Gasteiger partial charge >= 0.3 is 0 Å². The first-order valence-corrected chi connectivity index (χ1v) is 6.90. The zero-order valence-corrected chi connectivity index (χ0v) is 11.5. The summed E-state index contributed by atoms with van der Waals surface area (Å²) in [4.78, 5) is 0. The molecule has 2 aromatic rings. The molecule has 2 aromatic carbocycles. The molecule has 3 N–H and O–H groups in total. The lowest BCUT2D eigenvalue weighted by Crippen LogP contribution is -2.58. The fourth-order valence-electron chi connectivity index (χ4n) is 2.99. The van der Waals surface area contributed by atoms with E-state index in [1.54, 1.807) is 0 Å². The Morgan fingerprint density at radius 3 is 2.50 bits per heavy atom. The molecule has 0 saturated carbocycles. The summed E-state index contributed by atoms with van der Waals surface area (Å²) >= 11 is 0. The van der Waals surface area contributed by atoms with Crippen LogP contribution in [-0.4, -0.2) is 17.3 Å². The van der Waals surface area contributed by atoms with Gasteiger partial charge in [-0.3, -0.25) is 0 Å². The molecule has 104 valence electrons. The Morgan fingerprint density at radius 2 is 1.80 bits per heavy atom. The molecule has 0 bridgehead atoms. The lowest BCUT2D eigenvalue weighted by atomic mass is 9.78. The van der Waals surface area contributed by atoms with E-state index in [9.17, 15) is 5.11 Å². The molecule has 0 saturated heterocycles. The van der Waals surface area contributed by atoms with Gasteiger partial charge in [0.1, 0.15) is 11.9 Å². The van der Waals surface area contributed by atoms with Crippen molar-refractivity contribution in [3.63, 3.8) is 0 Å². The Labute approximate surface area is 119 Å². The molecule has 0 spiro atoms. The van der Waals surface area contributed by atoms with E-state index in [1.165, 1.54) is 0 Å². The predicted octanol–water partition coefficient (Wildman–Crippen LogP) is 2.23. The van der Waals surface area contributed by atoms with E-state index in [4.69, 9.17) is 10.5 Å². The highest BCUT2D eigenvalue weighted by atomic mass is 16.5. The minimum atomic E-state index is -0.893. The van der Waals surface area contributed by atoms with Gasteiger partial charge in [0.15, 0.2) is 5.60 Å². The second-order valence-corrected chi connectivity index (χ2v) is 5.38. The standard InChI is InChI=1S/C17H19NO2/c1-12(18)17(14-8-3-2-4-9-14)16(19)11-13-7-5-6-10-15(13)20-17/h2-10,12,16,19H,11,18H2,1H3. The van der Waals surface area contributed by atoms with Crippen molar-refractivity contribution in [2.75, 3.05) is 0 Å². The van der Waals surface area contributed by atoms with Crippen LogP contribution < -0.4 is 10.5 Å². The molecule has 3 unspecified atom stereocenters. The second-order valence-electron chi connectivity index (χ2n) is 5.38. The molecule has 0 aromatic heterocycles. The monoisotopic (exact) mass is 269 g/mol. The number of fused-ring (bicyclic) bond motifs is 1. The summed E-state index contributed by atoms with van der Waals surface area (Å²) in [6.07, 6.45) is -0.119. The first kappa shape index (κ1) is 13.2. The number of aliphatic hydroxyl groups is 1. The van der Waals surface area contributed by atoms with Crippen LogP contribution in [0.3, 0.4) is 0 Å². The first-order chi connectivity index (χ1) is 9.64. The van der Waals surface area contributed by atoms with Crippen LogP contribution in [0.1, 0.15) is 18.1 Å². The van der Waals surface area contributed by atoms with Gasteiger partial charge in [-0.2, -0.15) is 0 Å². The fourth-order valence-corrected chi connectivity index (χ4v) is 2.99. The Bertz CT molecular complexity index is 597. The van der Waals surface area contributed by atoms with Gasteiger partial charge < -0.3 is 15.6 Å². The molecule has 0 radical (unpaired) electrons. The van der Waals surface area contributed by atoms with E-state index in [0.29, 0.717) is 6.42 Å². The van der Waals surface area contributed by atoms with Gasteiger partial charge in [-0.25, -0.2) is 0 Å². The van der Waals surface area contributed by atoms with E-state index in [1.807, 2.05) is 61.5 Å². The number of aliphatic hydroxyl groups excluding tert-OH is 1. The molecule has 0 aliphatic carbocycles. The summed E-state index contributed by atoms with van der Waals surface area (Å²) in [5.74, 6) is 0.805. The van der Waals surface area contributed by atoms with E-state index < -0.39 is 11.7 Å². The average Bonchev–Trinajstić information content (AvgIpc) is 2.47. The largest absolute Gasteiger partial charge is 0.478 e. The highest BCUT2D eigenvalue weighted by molar-refractivity contribution is 5.41. The van der Waals surface area contributed by atoms with Crippen LogP contribution in [0, 0.1) is 0 Å². The lowest BCUT2D eigenvalue weighted by molar-refractivity contribution is -0.0853. The van der Waals surface area contributed by atoms with E-state index in [0.717, 1.165) is 16.9 Å². The minimum Gasteiger partial charge on any atom is -0.478 e. The molecule has 3 nitrogen and oxygen atoms in total. The van der Waals surface area contributed by atoms with Crippen LogP contribution in [-0.2, 0) is 12.0 Å². The molecule has 0 fully saturated rings.